The first-order valence-electron chi connectivity index (χ1n) is 7.77. The van der Waals surface area contributed by atoms with E-state index in [1.165, 1.54) is 0 Å². The summed E-state index contributed by atoms with van der Waals surface area (Å²) in [5.41, 5.74) is 0.698. The minimum Gasteiger partial charge on any atom is -0.497 e. The molecule has 0 bridgehead atoms. The standard InChI is InChI=1S/C20H21NO2/c1-14(2)20(22,17-8-10-21-11-9-17)18-6-4-16-13-19(23-3)7-5-15(16)12-18/h4-14,22H,1-3H3. The third-order valence-corrected chi connectivity index (χ3v) is 4.44. The van der Waals surface area contributed by atoms with Gasteiger partial charge in [0.15, 0.2) is 0 Å². The second kappa shape index (κ2) is 6.01. The molecule has 1 heterocycles. The summed E-state index contributed by atoms with van der Waals surface area (Å²) < 4.78 is 5.27. The van der Waals surface area contributed by atoms with Crippen LogP contribution in [0.3, 0.4) is 0 Å². The van der Waals surface area contributed by atoms with Crippen molar-refractivity contribution in [2.75, 3.05) is 7.11 Å². The molecule has 1 aromatic heterocycles. The zero-order valence-corrected chi connectivity index (χ0v) is 13.7. The highest BCUT2D eigenvalue weighted by molar-refractivity contribution is 5.84. The molecule has 0 saturated heterocycles. The summed E-state index contributed by atoms with van der Waals surface area (Å²) in [6.45, 7) is 4.05. The first-order chi connectivity index (χ1) is 11.1. The van der Waals surface area contributed by atoms with E-state index < -0.39 is 5.60 Å². The fraction of sp³-hybridized carbons (Fsp3) is 0.250. The van der Waals surface area contributed by atoms with Gasteiger partial charge in [0.1, 0.15) is 11.4 Å². The molecule has 118 valence electrons. The molecule has 3 rings (SSSR count). The van der Waals surface area contributed by atoms with Gasteiger partial charge in [0.25, 0.3) is 0 Å². The van der Waals surface area contributed by atoms with Gasteiger partial charge < -0.3 is 9.84 Å². The van der Waals surface area contributed by atoms with Crippen molar-refractivity contribution in [1.29, 1.82) is 0 Å². The molecule has 0 spiro atoms. The Kier molecular flexibility index (Phi) is 4.05. The van der Waals surface area contributed by atoms with E-state index in [2.05, 4.69) is 11.1 Å². The number of rotatable bonds is 4. The first kappa shape index (κ1) is 15.5. The number of benzene rings is 2. The number of nitrogens with zero attached hydrogens (tertiary/aromatic N) is 1. The number of pyridine rings is 1. The van der Waals surface area contributed by atoms with Crippen molar-refractivity contribution in [3.63, 3.8) is 0 Å². The Morgan fingerprint density at radius 1 is 0.913 bits per heavy atom. The van der Waals surface area contributed by atoms with E-state index >= 15 is 0 Å². The summed E-state index contributed by atoms with van der Waals surface area (Å²) in [5.74, 6) is 0.860. The van der Waals surface area contributed by atoms with Crippen molar-refractivity contribution in [2.45, 2.75) is 19.4 Å². The maximum absolute atomic E-state index is 11.4. The number of methoxy groups -OCH3 is 1. The smallest absolute Gasteiger partial charge is 0.119 e. The van der Waals surface area contributed by atoms with Crippen molar-refractivity contribution >= 4 is 10.8 Å². The van der Waals surface area contributed by atoms with Gasteiger partial charge in [-0.2, -0.15) is 0 Å². The van der Waals surface area contributed by atoms with Gasteiger partial charge in [-0.15, -0.1) is 0 Å². The predicted octanol–water partition coefficient (Wildman–Crippen LogP) is 4.14. The Balaban J connectivity index is 2.16. The average molecular weight is 307 g/mol. The van der Waals surface area contributed by atoms with E-state index in [4.69, 9.17) is 4.74 Å². The monoisotopic (exact) mass is 307 g/mol. The number of fused-ring (bicyclic) bond motifs is 1. The maximum atomic E-state index is 11.4. The molecule has 1 atom stereocenters. The third-order valence-electron chi connectivity index (χ3n) is 4.44. The molecule has 0 aliphatic carbocycles. The molecule has 3 heteroatoms. The number of hydrogen-bond donors (Lipinski definition) is 1. The number of aliphatic hydroxyl groups is 1. The second-order valence-electron chi connectivity index (χ2n) is 6.08. The lowest BCUT2D eigenvalue weighted by molar-refractivity contribution is 0.0318. The molecule has 1 unspecified atom stereocenters. The van der Waals surface area contributed by atoms with Gasteiger partial charge in [0.05, 0.1) is 7.11 Å². The molecular weight excluding hydrogens is 286 g/mol. The van der Waals surface area contributed by atoms with Crippen molar-refractivity contribution in [3.8, 4) is 5.75 Å². The first-order valence-corrected chi connectivity index (χ1v) is 7.77. The molecule has 23 heavy (non-hydrogen) atoms. The van der Waals surface area contributed by atoms with Crippen LogP contribution in [0.2, 0.25) is 0 Å². The van der Waals surface area contributed by atoms with Gasteiger partial charge in [-0.25, -0.2) is 0 Å². The summed E-state index contributed by atoms with van der Waals surface area (Å²) in [6, 6.07) is 15.8. The van der Waals surface area contributed by atoms with Crippen LogP contribution in [0.1, 0.15) is 25.0 Å². The van der Waals surface area contributed by atoms with Crippen molar-refractivity contribution in [3.05, 3.63) is 72.1 Å². The fourth-order valence-corrected chi connectivity index (χ4v) is 3.03. The number of aromatic nitrogens is 1. The van der Waals surface area contributed by atoms with Crippen LogP contribution < -0.4 is 4.74 Å². The second-order valence-corrected chi connectivity index (χ2v) is 6.08. The molecule has 0 amide bonds. The predicted molar refractivity (Wildman–Crippen MR) is 92.6 cm³/mol. The molecule has 2 aromatic carbocycles. The van der Waals surface area contributed by atoms with Crippen molar-refractivity contribution in [1.82, 2.24) is 4.98 Å². The Morgan fingerprint density at radius 3 is 2.22 bits per heavy atom. The van der Waals surface area contributed by atoms with Gasteiger partial charge in [0.2, 0.25) is 0 Å². The normalized spacial score (nSPS) is 14.0. The lowest BCUT2D eigenvalue weighted by Gasteiger charge is -2.33. The van der Waals surface area contributed by atoms with Crippen LogP contribution in [-0.4, -0.2) is 17.2 Å². The van der Waals surface area contributed by atoms with Gasteiger partial charge in [-0.1, -0.05) is 32.0 Å². The molecule has 1 N–H and O–H groups in total. The third kappa shape index (κ3) is 2.68. The van der Waals surface area contributed by atoms with Gasteiger partial charge in [0, 0.05) is 12.4 Å². The molecule has 0 saturated carbocycles. The number of ether oxygens (including phenoxy) is 1. The average Bonchev–Trinajstić information content (AvgIpc) is 2.60. The lowest BCUT2D eigenvalue weighted by atomic mass is 9.77. The van der Waals surface area contributed by atoms with Crippen LogP contribution in [0.15, 0.2) is 60.9 Å². The largest absolute Gasteiger partial charge is 0.497 e. The minimum atomic E-state index is -1.04. The summed E-state index contributed by atoms with van der Waals surface area (Å²) >= 11 is 0. The van der Waals surface area contributed by atoms with E-state index in [-0.39, 0.29) is 5.92 Å². The summed E-state index contributed by atoms with van der Waals surface area (Å²) in [5, 5.41) is 13.6. The fourth-order valence-electron chi connectivity index (χ4n) is 3.03. The van der Waals surface area contributed by atoms with Gasteiger partial charge >= 0.3 is 0 Å². The maximum Gasteiger partial charge on any atom is 0.119 e. The summed E-state index contributed by atoms with van der Waals surface area (Å²) in [6.07, 6.45) is 3.43. The van der Waals surface area contributed by atoms with Gasteiger partial charge in [-0.3, -0.25) is 4.98 Å². The van der Waals surface area contributed by atoms with E-state index in [1.54, 1.807) is 19.5 Å². The van der Waals surface area contributed by atoms with Crippen LogP contribution in [0, 0.1) is 5.92 Å². The molecule has 0 aliphatic heterocycles. The SMILES string of the molecule is COc1ccc2cc(C(O)(c3ccncc3)C(C)C)ccc2c1. The summed E-state index contributed by atoms with van der Waals surface area (Å²) in [7, 11) is 1.66. The van der Waals surface area contributed by atoms with Crippen LogP contribution in [0.4, 0.5) is 0 Å². The zero-order valence-electron chi connectivity index (χ0n) is 13.7. The highest BCUT2D eigenvalue weighted by atomic mass is 16.5. The quantitative estimate of drug-likeness (QED) is 0.788. The van der Waals surface area contributed by atoms with Crippen molar-refractivity contribution < 1.29 is 9.84 Å². The highest BCUT2D eigenvalue weighted by Gasteiger charge is 2.35. The molecular formula is C20H21NO2. The van der Waals surface area contributed by atoms with Crippen molar-refractivity contribution in [2.24, 2.45) is 5.92 Å². The Labute approximate surface area is 136 Å². The highest BCUT2D eigenvalue weighted by Crippen LogP contribution is 2.37. The van der Waals surface area contributed by atoms with E-state index in [0.717, 1.165) is 27.6 Å². The number of hydrogen-bond acceptors (Lipinski definition) is 3. The Bertz CT molecular complexity index is 814. The topological polar surface area (TPSA) is 42.4 Å². The van der Waals surface area contributed by atoms with Crippen LogP contribution in [-0.2, 0) is 5.60 Å². The Morgan fingerprint density at radius 2 is 1.57 bits per heavy atom. The van der Waals surface area contributed by atoms with E-state index in [9.17, 15) is 5.11 Å². The molecule has 3 aromatic rings. The van der Waals surface area contributed by atoms with E-state index in [0.29, 0.717) is 0 Å². The molecule has 0 fully saturated rings. The van der Waals surface area contributed by atoms with E-state index in [1.807, 2.05) is 56.3 Å². The van der Waals surface area contributed by atoms with Gasteiger partial charge in [-0.05, 0) is 58.1 Å². The Hall–Kier alpha value is -2.39. The summed E-state index contributed by atoms with van der Waals surface area (Å²) in [4.78, 5) is 4.06. The van der Waals surface area contributed by atoms with Crippen LogP contribution in [0.25, 0.3) is 10.8 Å². The van der Waals surface area contributed by atoms with Crippen LogP contribution >= 0.6 is 0 Å². The zero-order chi connectivity index (χ0) is 16.4. The molecule has 0 aliphatic rings. The molecule has 0 radical (unpaired) electrons. The minimum absolute atomic E-state index is 0.0283. The molecule has 3 nitrogen and oxygen atoms in total. The van der Waals surface area contributed by atoms with Crippen LogP contribution in [0.5, 0.6) is 5.75 Å². The lowest BCUT2D eigenvalue weighted by Crippen LogP contribution is -2.33.